The number of hydrogen-bond donors (Lipinski definition) is 2. The number of nitrogens with two attached hydrogens (primary N) is 1. The zero-order valence-electron chi connectivity index (χ0n) is 10.1. The van der Waals surface area contributed by atoms with Crippen molar-refractivity contribution in [1.29, 1.82) is 0 Å². The molecule has 0 aliphatic heterocycles. The first-order valence-corrected chi connectivity index (χ1v) is 5.63. The van der Waals surface area contributed by atoms with Crippen LogP contribution in [0.3, 0.4) is 0 Å². The Balaban J connectivity index is 1.87. The molecule has 0 fully saturated rings. The van der Waals surface area contributed by atoms with Gasteiger partial charge in [-0.2, -0.15) is 5.10 Å². The Morgan fingerprint density at radius 1 is 1.44 bits per heavy atom. The second-order valence-electron chi connectivity index (χ2n) is 3.92. The molecule has 6 heteroatoms. The molecule has 2 aromatic rings. The number of aryl methyl sites for hydroxylation is 1. The van der Waals surface area contributed by atoms with Crippen LogP contribution in [0.5, 0.6) is 0 Å². The Bertz CT molecular complexity index is 549. The lowest BCUT2D eigenvalue weighted by Crippen LogP contribution is -2.26. The molecule has 18 heavy (non-hydrogen) atoms. The van der Waals surface area contributed by atoms with Crippen molar-refractivity contribution in [2.75, 3.05) is 12.3 Å². The van der Waals surface area contributed by atoms with Crippen molar-refractivity contribution in [2.24, 2.45) is 7.05 Å². The minimum absolute atomic E-state index is 0.147. The van der Waals surface area contributed by atoms with Gasteiger partial charge in [0.2, 0.25) is 0 Å². The van der Waals surface area contributed by atoms with Crippen LogP contribution in [-0.4, -0.2) is 27.2 Å². The third-order valence-electron chi connectivity index (χ3n) is 2.63. The fourth-order valence-electron chi connectivity index (χ4n) is 1.64. The van der Waals surface area contributed by atoms with E-state index in [1.165, 1.54) is 6.20 Å². The van der Waals surface area contributed by atoms with Gasteiger partial charge in [0.15, 0.2) is 0 Å². The summed E-state index contributed by atoms with van der Waals surface area (Å²) in [6, 6.07) is 5.12. The van der Waals surface area contributed by atoms with Crippen molar-refractivity contribution >= 4 is 11.7 Å². The third kappa shape index (κ3) is 2.85. The van der Waals surface area contributed by atoms with Crippen LogP contribution in [0.2, 0.25) is 0 Å². The van der Waals surface area contributed by atoms with Crippen LogP contribution in [0.25, 0.3) is 0 Å². The lowest BCUT2D eigenvalue weighted by atomic mass is 10.2. The number of carbonyl (C=O) groups excluding carboxylic acids is 1. The summed E-state index contributed by atoms with van der Waals surface area (Å²) in [6.45, 7) is 0.556. The number of anilines is 1. The van der Waals surface area contributed by atoms with Gasteiger partial charge in [0.05, 0.1) is 0 Å². The van der Waals surface area contributed by atoms with Crippen LogP contribution in [0.4, 0.5) is 5.82 Å². The predicted molar refractivity (Wildman–Crippen MR) is 67.9 cm³/mol. The summed E-state index contributed by atoms with van der Waals surface area (Å²) in [6.07, 6.45) is 3.99. The van der Waals surface area contributed by atoms with Crippen molar-refractivity contribution in [2.45, 2.75) is 6.42 Å². The van der Waals surface area contributed by atoms with Gasteiger partial charge in [0.1, 0.15) is 5.82 Å². The topological polar surface area (TPSA) is 85.8 Å². The van der Waals surface area contributed by atoms with Gasteiger partial charge in [0, 0.05) is 43.7 Å². The maximum atomic E-state index is 11.8. The van der Waals surface area contributed by atoms with Crippen molar-refractivity contribution < 1.29 is 4.79 Å². The standard InChI is InChI=1S/C12H15N5O/c1-17-10(4-7-16-17)3-6-15-12(18)9-2-5-14-11(13)8-9/h2,4-5,7-8H,3,6H2,1H3,(H2,13,14)(H,15,18). The molecular weight excluding hydrogens is 230 g/mol. The molecule has 0 aromatic carbocycles. The third-order valence-corrected chi connectivity index (χ3v) is 2.63. The Hall–Kier alpha value is -2.37. The molecule has 3 N–H and O–H groups in total. The van der Waals surface area contributed by atoms with Gasteiger partial charge in [-0.1, -0.05) is 0 Å². The molecule has 2 aromatic heterocycles. The molecule has 1 amide bonds. The quantitative estimate of drug-likeness (QED) is 0.814. The lowest BCUT2D eigenvalue weighted by molar-refractivity contribution is 0.0954. The molecule has 0 aliphatic carbocycles. The molecule has 0 unspecified atom stereocenters. The van der Waals surface area contributed by atoms with E-state index in [4.69, 9.17) is 5.73 Å². The SMILES string of the molecule is Cn1nccc1CCNC(=O)c1ccnc(N)c1. The number of nitrogens with one attached hydrogen (secondary N) is 1. The number of aromatic nitrogens is 3. The van der Waals surface area contributed by atoms with Crippen molar-refractivity contribution in [3.63, 3.8) is 0 Å². The maximum absolute atomic E-state index is 11.8. The number of hydrogen-bond acceptors (Lipinski definition) is 4. The van der Waals surface area contributed by atoms with Crippen LogP contribution in [0.15, 0.2) is 30.6 Å². The van der Waals surface area contributed by atoms with E-state index in [0.29, 0.717) is 17.9 Å². The van der Waals surface area contributed by atoms with Gasteiger partial charge in [0.25, 0.3) is 5.91 Å². The zero-order chi connectivity index (χ0) is 13.0. The Morgan fingerprint density at radius 2 is 2.28 bits per heavy atom. The monoisotopic (exact) mass is 245 g/mol. The number of rotatable bonds is 4. The molecule has 0 saturated carbocycles. The van der Waals surface area contributed by atoms with Gasteiger partial charge in [-0.3, -0.25) is 9.48 Å². The van der Waals surface area contributed by atoms with E-state index in [0.717, 1.165) is 12.1 Å². The summed E-state index contributed by atoms with van der Waals surface area (Å²) in [5.74, 6) is 0.195. The second-order valence-corrected chi connectivity index (χ2v) is 3.92. The lowest BCUT2D eigenvalue weighted by Gasteiger charge is -2.05. The summed E-state index contributed by atoms with van der Waals surface area (Å²) >= 11 is 0. The second kappa shape index (κ2) is 5.31. The van der Waals surface area contributed by atoms with Crippen LogP contribution in [0, 0.1) is 0 Å². The number of nitrogens with zero attached hydrogens (tertiary/aromatic N) is 3. The summed E-state index contributed by atoms with van der Waals surface area (Å²) in [5, 5.41) is 6.89. The Morgan fingerprint density at radius 3 is 2.94 bits per heavy atom. The molecule has 2 rings (SSSR count). The smallest absolute Gasteiger partial charge is 0.251 e. The average molecular weight is 245 g/mol. The first-order chi connectivity index (χ1) is 8.66. The minimum Gasteiger partial charge on any atom is -0.384 e. The summed E-state index contributed by atoms with van der Waals surface area (Å²) in [5.41, 5.74) is 7.11. The molecule has 2 heterocycles. The Kier molecular flexibility index (Phi) is 3.57. The van der Waals surface area contributed by atoms with E-state index in [9.17, 15) is 4.79 Å². The normalized spacial score (nSPS) is 10.3. The summed E-state index contributed by atoms with van der Waals surface area (Å²) in [7, 11) is 1.88. The van der Waals surface area contributed by atoms with Crippen molar-refractivity contribution in [1.82, 2.24) is 20.1 Å². The first kappa shape index (κ1) is 12.1. The van der Waals surface area contributed by atoms with E-state index in [1.54, 1.807) is 23.0 Å². The fraction of sp³-hybridized carbons (Fsp3) is 0.250. The highest BCUT2D eigenvalue weighted by Crippen LogP contribution is 2.03. The van der Waals surface area contributed by atoms with Gasteiger partial charge < -0.3 is 11.1 Å². The summed E-state index contributed by atoms with van der Waals surface area (Å²) < 4.78 is 1.79. The molecule has 0 radical (unpaired) electrons. The van der Waals surface area contributed by atoms with Crippen LogP contribution < -0.4 is 11.1 Å². The number of pyridine rings is 1. The van der Waals surface area contributed by atoms with E-state index in [2.05, 4.69) is 15.4 Å². The van der Waals surface area contributed by atoms with E-state index >= 15 is 0 Å². The molecule has 0 aliphatic rings. The van der Waals surface area contributed by atoms with Crippen LogP contribution in [0.1, 0.15) is 16.1 Å². The van der Waals surface area contributed by atoms with E-state index in [1.807, 2.05) is 13.1 Å². The van der Waals surface area contributed by atoms with E-state index in [-0.39, 0.29) is 5.91 Å². The predicted octanol–water partition coefficient (Wildman–Crippen LogP) is 0.370. The molecule has 0 saturated heterocycles. The number of carbonyl (C=O) groups is 1. The zero-order valence-corrected chi connectivity index (χ0v) is 10.1. The first-order valence-electron chi connectivity index (χ1n) is 5.63. The van der Waals surface area contributed by atoms with Crippen molar-refractivity contribution in [3.8, 4) is 0 Å². The van der Waals surface area contributed by atoms with Gasteiger partial charge in [-0.05, 0) is 18.2 Å². The molecule has 0 atom stereocenters. The van der Waals surface area contributed by atoms with Crippen molar-refractivity contribution in [3.05, 3.63) is 41.9 Å². The van der Waals surface area contributed by atoms with Gasteiger partial charge in [-0.15, -0.1) is 0 Å². The van der Waals surface area contributed by atoms with Crippen LogP contribution >= 0.6 is 0 Å². The van der Waals surface area contributed by atoms with E-state index < -0.39 is 0 Å². The largest absolute Gasteiger partial charge is 0.384 e. The molecule has 0 bridgehead atoms. The molecule has 94 valence electrons. The van der Waals surface area contributed by atoms with Crippen LogP contribution in [-0.2, 0) is 13.5 Å². The number of amides is 1. The molecule has 0 spiro atoms. The maximum Gasteiger partial charge on any atom is 0.251 e. The minimum atomic E-state index is -0.147. The highest BCUT2D eigenvalue weighted by molar-refractivity contribution is 5.94. The van der Waals surface area contributed by atoms with Gasteiger partial charge in [-0.25, -0.2) is 4.98 Å². The highest BCUT2D eigenvalue weighted by atomic mass is 16.1. The fourth-order valence-corrected chi connectivity index (χ4v) is 1.64. The molecule has 6 nitrogen and oxygen atoms in total. The average Bonchev–Trinajstić information content (AvgIpc) is 2.75. The summed E-state index contributed by atoms with van der Waals surface area (Å²) in [4.78, 5) is 15.6. The number of nitrogen functional groups attached to an aromatic ring is 1. The van der Waals surface area contributed by atoms with Gasteiger partial charge >= 0.3 is 0 Å². The highest BCUT2D eigenvalue weighted by Gasteiger charge is 2.06. The Labute approximate surface area is 105 Å². The molecular formula is C12H15N5O.